The van der Waals surface area contributed by atoms with Crippen molar-refractivity contribution in [2.45, 2.75) is 6.92 Å². The van der Waals surface area contributed by atoms with Crippen molar-refractivity contribution in [3.8, 4) is 0 Å². The Kier molecular flexibility index (Phi) is 3.46. The van der Waals surface area contributed by atoms with Gasteiger partial charge in [-0.1, -0.05) is 0 Å². The normalized spacial score (nSPS) is 10.3. The Balaban J connectivity index is 2.25. The maximum Gasteiger partial charge on any atom is 0.255 e. The molecule has 0 saturated carbocycles. The van der Waals surface area contributed by atoms with Crippen molar-refractivity contribution in [1.82, 2.24) is 0 Å². The molecule has 0 radical (unpaired) electrons. The summed E-state index contributed by atoms with van der Waals surface area (Å²) in [6.07, 6.45) is 0. The van der Waals surface area contributed by atoms with Gasteiger partial charge < -0.3 is 11.1 Å². The SMILES string of the molecule is Cc1cc(C(=O)Nc2cc(N)ccc2F)ccc1F. The van der Waals surface area contributed by atoms with E-state index in [0.717, 1.165) is 0 Å². The highest BCUT2D eigenvalue weighted by Crippen LogP contribution is 2.19. The Morgan fingerprint density at radius 2 is 1.79 bits per heavy atom. The summed E-state index contributed by atoms with van der Waals surface area (Å²) >= 11 is 0. The van der Waals surface area contributed by atoms with Crippen LogP contribution < -0.4 is 11.1 Å². The van der Waals surface area contributed by atoms with Gasteiger partial charge in [-0.15, -0.1) is 0 Å². The van der Waals surface area contributed by atoms with E-state index < -0.39 is 17.5 Å². The molecule has 98 valence electrons. The largest absolute Gasteiger partial charge is 0.399 e. The Hall–Kier alpha value is -2.43. The molecule has 0 aliphatic rings. The molecule has 2 rings (SSSR count). The molecule has 0 saturated heterocycles. The van der Waals surface area contributed by atoms with E-state index >= 15 is 0 Å². The summed E-state index contributed by atoms with van der Waals surface area (Å²) in [4.78, 5) is 11.9. The first kappa shape index (κ1) is 13.0. The molecule has 0 aliphatic heterocycles. The van der Waals surface area contributed by atoms with Crippen LogP contribution in [0.25, 0.3) is 0 Å². The molecule has 0 unspecified atom stereocenters. The molecule has 0 heterocycles. The molecule has 0 atom stereocenters. The van der Waals surface area contributed by atoms with Crippen LogP contribution in [0.3, 0.4) is 0 Å². The van der Waals surface area contributed by atoms with Crippen molar-refractivity contribution < 1.29 is 13.6 Å². The van der Waals surface area contributed by atoms with Gasteiger partial charge in [-0.05, 0) is 48.9 Å². The van der Waals surface area contributed by atoms with E-state index in [4.69, 9.17) is 5.73 Å². The number of benzene rings is 2. The number of rotatable bonds is 2. The molecule has 3 nitrogen and oxygen atoms in total. The van der Waals surface area contributed by atoms with E-state index in [1.165, 1.54) is 36.4 Å². The van der Waals surface area contributed by atoms with Gasteiger partial charge in [0.05, 0.1) is 5.69 Å². The molecule has 0 bridgehead atoms. The van der Waals surface area contributed by atoms with Crippen LogP contribution in [0.5, 0.6) is 0 Å². The summed E-state index contributed by atoms with van der Waals surface area (Å²) in [5.41, 5.74) is 6.45. The van der Waals surface area contributed by atoms with E-state index in [1.54, 1.807) is 6.92 Å². The molecule has 3 N–H and O–H groups in total. The van der Waals surface area contributed by atoms with Crippen molar-refractivity contribution in [2.24, 2.45) is 0 Å². The average Bonchev–Trinajstić information content (AvgIpc) is 2.37. The van der Waals surface area contributed by atoms with Gasteiger partial charge in [0.15, 0.2) is 0 Å². The predicted molar refractivity (Wildman–Crippen MR) is 69.9 cm³/mol. The van der Waals surface area contributed by atoms with Crippen LogP contribution >= 0.6 is 0 Å². The molecule has 0 aromatic heterocycles. The van der Waals surface area contributed by atoms with Crippen LogP contribution in [0.4, 0.5) is 20.2 Å². The Labute approximate surface area is 109 Å². The number of hydrogen-bond acceptors (Lipinski definition) is 2. The zero-order valence-electron chi connectivity index (χ0n) is 10.2. The van der Waals surface area contributed by atoms with Gasteiger partial charge in [0.25, 0.3) is 5.91 Å². The lowest BCUT2D eigenvalue weighted by molar-refractivity contribution is 0.102. The minimum atomic E-state index is -0.582. The van der Waals surface area contributed by atoms with Gasteiger partial charge in [0, 0.05) is 11.3 Å². The number of aryl methyl sites for hydroxylation is 1. The third-order valence-electron chi connectivity index (χ3n) is 2.66. The van der Waals surface area contributed by atoms with Gasteiger partial charge in [0.2, 0.25) is 0 Å². The first-order chi connectivity index (χ1) is 8.97. The molecule has 2 aromatic rings. The molecule has 0 fully saturated rings. The van der Waals surface area contributed by atoms with Crippen LogP contribution in [0, 0.1) is 18.6 Å². The molecule has 19 heavy (non-hydrogen) atoms. The van der Waals surface area contributed by atoms with Crippen molar-refractivity contribution in [1.29, 1.82) is 0 Å². The van der Waals surface area contributed by atoms with Crippen LogP contribution in [-0.4, -0.2) is 5.91 Å². The lowest BCUT2D eigenvalue weighted by atomic mass is 10.1. The average molecular weight is 262 g/mol. The maximum absolute atomic E-state index is 13.5. The predicted octanol–water partition coefficient (Wildman–Crippen LogP) is 3.11. The highest BCUT2D eigenvalue weighted by Gasteiger charge is 2.11. The molecule has 0 aliphatic carbocycles. The number of nitrogens with two attached hydrogens (primary N) is 1. The second-order valence-electron chi connectivity index (χ2n) is 4.16. The second kappa shape index (κ2) is 5.06. The number of nitrogen functional groups attached to an aromatic ring is 1. The first-order valence-corrected chi connectivity index (χ1v) is 5.60. The lowest BCUT2D eigenvalue weighted by Gasteiger charge is -2.08. The number of carbonyl (C=O) groups is 1. The van der Waals surface area contributed by atoms with Gasteiger partial charge in [0.1, 0.15) is 11.6 Å². The topological polar surface area (TPSA) is 55.1 Å². The summed E-state index contributed by atoms with van der Waals surface area (Å²) in [6.45, 7) is 1.55. The van der Waals surface area contributed by atoms with Crippen LogP contribution in [0.15, 0.2) is 36.4 Å². The Morgan fingerprint density at radius 1 is 1.11 bits per heavy atom. The minimum Gasteiger partial charge on any atom is -0.399 e. The maximum atomic E-state index is 13.5. The smallest absolute Gasteiger partial charge is 0.255 e. The number of halogens is 2. The van der Waals surface area contributed by atoms with E-state index in [2.05, 4.69) is 5.32 Å². The number of amides is 1. The Bertz CT molecular complexity index is 641. The van der Waals surface area contributed by atoms with E-state index in [-0.39, 0.29) is 11.3 Å². The van der Waals surface area contributed by atoms with Crippen molar-refractivity contribution >= 4 is 17.3 Å². The summed E-state index contributed by atoms with van der Waals surface area (Å²) in [5, 5.41) is 2.40. The standard InChI is InChI=1S/C14H12F2N2O/c1-8-6-9(2-4-11(8)15)14(19)18-13-7-10(17)3-5-12(13)16/h2-7H,17H2,1H3,(H,18,19). The third-order valence-corrected chi connectivity index (χ3v) is 2.66. The highest BCUT2D eigenvalue weighted by molar-refractivity contribution is 6.04. The van der Waals surface area contributed by atoms with Crippen LogP contribution in [0.1, 0.15) is 15.9 Å². The first-order valence-electron chi connectivity index (χ1n) is 5.60. The van der Waals surface area contributed by atoms with Gasteiger partial charge >= 0.3 is 0 Å². The number of anilines is 2. The van der Waals surface area contributed by atoms with Gasteiger partial charge in [-0.2, -0.15) is 0 Å². The molecular formula is C14H12F2N2O. The summed E-state index contributed by atoms with van der Waals surface area (Å²) < 4.78 is 26.6. The number of nitrogens with one attached hydrogen (secondary N) is 1. The summed E-state index contributed by atoms with van der Waals surface area (Å²) in [5.74, 6) is -1.50. The fourth-order valence-electron chi connectivity index (χ4n) is 1.62. The molecule has 0 spiro atoms. The molecule has 1 amide bonds. The molecule has 5 heteroatoms. The molecule has 2 aromatic carbocycles. The van der Waals surface area contributed by atoms with Gasteiger partial charge in [-0.25, -0.2) is 8.78 Å². The van der Waals surface area contributed by atoms with Crippen molar-refractivity contribution in [3.05, 3.63) is 59.2 Å². The zero-order chi connectivity index (χ0) is 14.0. The van der Waals surface area contributed by atoms with Gasteiger partial charge in [-0.3, -0.25) is 4.79 Å². The zero-order valence-corrected chi connectivity index (χ0v) is 10.2. The number of hydrogen-bond donors (Lipinski definition) is 2. The molecular weight excluding hydrogens is 250 g/mol. The van der Waals surface area contributed by atoms with Crippen molar-refractivity contribution in [3.63, 3.8) is 0 Å². The fraction of sp³-hybridized carbons (Fsp3) is 0.0714. The minimum absolute atomic E-state index is 0.00743. The highest BCUT2D eigenvalue weighted by atomic mass is 19.1. The monoisotopic (exact) mass is 262 g/mol. The van der Waals surface area contributed by atoms with Crippen LogP contribution in [0.2, 0.25) is 0 Å². The fourth-order valence-corrected chi connectivity index (χ4v) is 1.62. The Morgan fingerprint density at radius 3 is 2.47 bits per heavy atom. The second-order valence-corrected chi connectivity index (χ2v) is 4.16. The van der Waals surface area contributed by atoms with Crippen molar-refractivity contribution in [2.75, 3.05) is 11.1 Å². The number of carbonyl (C=O) groups excluding carboxylic acids is 1. The van der Waals surface area contributed by atoms with E-state index in [0.29, 0.717) is 11.3 Å². The summed E-state index contributed by atoms with van der Waals surface area (Å²) in [6, 6.07) is 7.81. The quantitative estimate of drug-likeness (QED) is 0.817. The van der Waals surface area contributed by atoms with E-state index in [9.17, 15) is 13.6 Å². The van der Waals surface area contributed by atoms with E-state index in [1.807, 2.05) is 0 Å². The third kappa shape index (κ3) is 2.88. The van der Waals surface area contributed by atoms with Crippen LogP contribution in [-0.2, 0) is 0 Å². The summed E-state index contributed by atoms with van der Waals surface area (Å²) in [7, 11) is 0. The lowest BCUT2D eigenvalue weighted by Crippen LogP contribution is -2.13.